The summed E-state index contributed by atoms with van der Waals surface area (Å²) in [5, 5.41) is 18.0. The molecule has 0 spiro atoms. The fourth-order valence-electron chi connectivity index (χ4n) is 1.30. The minimum Gasteiger partial charge on any atom is -0.436 e. The minimum atomic E-state index is -1.55. The minimum absolute atomic E-state index is 0.179. The van der Waals surface area contributed by atoms with Crippen molar-refractivity contribution in [2.45, 2.75) is 0 Å². The molecule has 0 amide bonds. The zero-order valence-corrected chi connectivity index (χ0v) is 9.80. The van der Waals surface area contributed by atoms with Crippen molar-refractivity contribution in [2.75, 3.05) is 0 Å². The monoisotopic (exact) mass is 267 g/mol. The highest BCUT2D eigenvalue weighted by Crippen LogP contribution is 2.23. The van der Waals surface area contributed by atoms with E-state index in [1.165, 1.54) is 30.5 Å². The van der Waals surface area contributed by atoms with Crippen molar-refractivity contribution in [3.05, 3.63) is 47.4 Å². The van der Waals surface area contributed by atoms with Gasteiger partial charge in [-0.25, -0.2) is 9.37 Å². The van der Waals surface area contributed by atoms with E-state index in [2.05, 4.69) is 4.98 Å². The molecule has 7 heteroatoms. The molecule has 18 heavy (non-hydrogen) atoms. The highest BCUT2D eigenvalue weighted by atomic mass is 35.5. The number of halogens is 2. The van der Waals surface area contributed by atoms with E-state index in [4.69, 9.17) is 26.4 Å². The topological polar surface area (TPSA) is 62.6 Å². The number of hydrogen-bond acceptors (Lipinski definition) is 4. The van der Waals surface area contributed by atoms with Gasteiger partial charge in [0.25, 0.3) is 5.88 Å². The van der Waals surface area contributed by atoms with E-state index in [9.17, 15) is 4.39 Å². The van der Waals surface area contributed by atoms with Crippen LogP contribution in [0.2, 0.25) is 5.02 Å². The molecule has 0 saturated carbocycles. The van der Waals surface area contributed by atoms with Crippen LogP contribution < -0.4 is 10.2 Å². The fourth-order valence-corrected chi connectivity index (χ4v) is 1.44. The molecule has 0 atom stereocenters. The Morgan fingerprint density at radius 2 is 1.89 bits per heavy atom. The second-order valence-corrected chi connectivity index (χ2v) is 3.92. The van der Waals surface area contributed by atoms with Crippen LogP contribution in [0.15, 0.2) is 36.5 Å². The number of ether oxygens (including phenoxy) is 1. The lowest BCUT2D eigenvalue weighted by molar-refractivity contribution is 0.421. The SMILES string of the molecule is OB(O)c1ccc(Oc2ncc(Cl)cc2F)cc1. The molecule has 0 bridgehead atoms. The predicted molar refractivity (Wildman–Crippen MR) is 65.5 cm³/mol. The first-order valence-electron chi connectivity index (χ1n) is 5.01. The van der Waals surface area contributed by atoms with Crippen LogP contribution in [0.4, 0.5) is 4.39 Å². The summed E-state index contributed by atoms with van der Waals surface area (Å²) in [6.45, 7) is 0. The molecule has 1 aromatic heterocycles. The lowest BCUT2D eigenvalue weighted by Gasteiger charge is -2.06. The Bertz CT molecular complexity index is 550. The number of rotatable bonds is 3. The second-order valence-electron chi connectivity index (χ2n) is 3.49. The van der Waals surface area contributed by atoms with Gasteiger partial charge < -0.3 is 14.8 Å². The van der Waals surface area contributed by atoms with Gasteiger partial charge in [0.05, 0.1) is 5.02 Å². The average molecular weight is 267 g/mol. The molecule has 2 aromatic rings. The van der Waals surface area contributed by atoms with Crippen LogP contribution in [0, 0.1) is 5.82 Å². The predicted octanol–water partition coefficient (Wildman–Crippen LogP) is 1.35. The van der Waals surface area contributed by atoms with Gasteiger partial charge in [-0.1, -0.05) is 23.7 Å². The Morgan fingerprint density at radius 3 is 2.44 bits per heavy atom. The quantitative estimate of drug-likeness (QED) is 0.824. The van der Waals surface area contributed by atoms with Gasteiger partial charge >= 0.3 is 7.12 Å². The summed E-state index contributed by atoms with van der Waals surface area (Å²) in [7, 11) is -1.55. The fraction of sp³-hybridized carbons (Fsp3) is 0. The van der Waals surface area contributed by atoms with Gasteiger partial charge in [0.15, 0.2) is 5.82 Å². The van der Waals surface area contributed by atoms with Crippen LogP contribution in [0.3, 0.4) is 0 Å². The van der Waals surface area contributed by atoms with Gasteiger partial charge in [-0.05, 0) is 23.7 Å². The Balaban J connectivity index is 2.18. The molecule has 0 aliphatic rings. The third-order valence-electron chi connectivity index (χ3n) is 2.17. The third-order valence-corrected chi connectivity index (χ3v) is 2.37. The first kappa shape index (κ1) is 12.8. The van der Waals surface area contributed by atoms with E-state index in [-0.39, 0.29) is 10.9 Å². The maximum atomic E-state index is 13.4. The van der Waals surface area contributed by atoms with Crippen molar-refractivity contribution in [3.63, 3.8) is 0 Å². The Labute approximate surface area is 108 Å². The molecule has 1 heterocycles. The lowest BCUT2D eigenvalue weighted by atomic mass is 9.80. The Hall–Kier alpha value is -1.63. The molecular weight excluding hydrogens is 259 g/mol. The van der Waals surface area contributed by atoms with Crippen molar-refractivity contribution >= 4 is 24.2 Å². The maximum absolute atomic E-state index is 13.4. The van der Waals surface area contributed by atoms with Gasteiger partial charge in [-0.2, -0.15) is 0 Å². The van der Waals surface area contributed by atoms with E-state index < -0.39 is 12.9 Å². The molecule has 4 nitrogen and oxygen atoms in total. The normalized spacial score (nSPS) is 10.2. The zero-order chi connectivity index (χ0) is 13.1. The van der Waals surface area contributed by atoms with Crippen molar-refractivity contribution in [3.8, 4) is 11.6 Å². The van der Waals surface area contributed by atoms with E-state index in [1.54, 1.807) is 0 Å². The molecule has 0 unspecified atom stereocenters. The first-order valence-corrected chi connectivity index (χ1v) is 5.39. The number of aromatic nitrogens is 1. The zero-order valence-electron chi connectivity index (χ0n) is 9.05. The number of benzene rings is 1. The molecule has 92 valence electrons. The molecule has 0 radical (unpaired) electrons. The molecule has 2 rings (SSSR count). The highest BCUT2D eigenvalue weighted by Gasteiger charge is 2.11. The molecular formula is C11H8BClFNO3. The molecule has 0 aliphatic heterocycles. The number of hydrogen-bond donors (Lipinski definition) is 2. The van der Waals surface area contributed by atoms with E-state index in [0.717, 1.165) is 6.07 Å². The third kappa shape index (κ3) is 2.98. The summed E-state index contributed by atoms with van der Waals surface area (Å²) in [5.41, 5.74) is 0.312. The number of pyridine rings is 1. The Morgan fingerprint density at radius 1 is 1.22 bits per heavy atom. The van der Waals surface area contributed by atoms with Gasteiger partial charge in [-0.15, -0.1) is 0 Å². The molecule has 2 N–H and O–H groups in total. The standard InChI is InChI=1S/C11H8BClFNO3/c13-8-5-10(14)11(15-6-8)18-9-3-1-7(2-4-9)12(16)17/h1-6,16-17H. The van der Waals surface area contributed by atoms with Crippen LogP contribution >= 0.6 is 11.6 Å². The van der Waals surface area contributed by atoms with E-state index >= 15 is 0 Å². The Kier molecular flexibility index (Phi) is 3.81. The first-order chi connectivity index (χ1) is 8.56. The molecule has 1 aromatic carbocycles. The summed E-state index contributed by atoms with van der Waals surface area (Å²) in [6, 6.07) is 6.95. The van der Waals surface area contributed by atoms with Crippen molar-refractivity contribution < 1.29 is 19.2 Å². The lowest BCUT2D eigenvalue weighted by Crippen LogP contribution is -2.29. The maximum Gasteiger partial charge on any atom is 0.488 e. The van der Waals surface area contributed by atoms with Crippen molar-refractivity contribution in [2.24, 2.45) is 0 Å². The van der Waals surface area contributed by atoms with Crippen molar-refractivity contribution in [1.29, 1.82) is 0 Å². The van der Waals surface area contributed by atoms with Crippen LogP contribution in [0.1, 0.15) is 0 Å². The second kappa shape index (κ2) is 5.35. The molecule has 0 fully saturated rings. The van der Waals surface area contributed by atoms with Crippen LogP contribution in [0.5, 0.6) is 11.6 Å². The summed E-state index contributed by atoms with van der Waals surface area (Å²) < 4.78 is 18.6. The summed E-state index contributed by atoms with van der Waals surface area (Å²) in [4.78, 5) is 3.70. The molecule has 0 aliphatic carbocycles. The highest BCUT2D eigenvalue weighted by molar-refractivity contribution is 6.58. The van der Waals surface area contributed by atoms with Crippen LogP contribution in [-0.4, -0.2) is 22.2 Å². The van der Waals surface area contributed by atoms with Gasteiger partial charge in [0, 0.05) is 6.20 Å². The van der Waals surface area contributed by atoms with Crippen LogP contribution in [0.25, 0.3) is 0 Å². The average Bonchev–Trinajstić information content (AvgIpc) is 2.33. The van der Waals surface area contributed by atoms with Gasteiger partial charge in [0.2, 0.25) is 0 Å². The van der Waals surface area contributed by atoms with E-state index in [0.29, 0.717) is 11.2 Å². The van der Waals surface area contributed by atoms with Crippen LogP contribution in [-0.2, 0) is 0 Å². The summed E-state index contributed by atoms with van der Waals surface area (Å²) in [6.07, 6.45) is 1.27. The summed E-state index contributed by atoms with van der Waals surface area (Å²) >= 11 is 5.56. The van der Waals surface area contributed by atoms with Gasteiger partial charge in [0.1, 0.15) is 5.75 Å². The number of nitrogens with zero attached hydrogens (tertiary/aromatic N) is 1. The smallest absolute Gasteiger partial charge is 0.436 e. The van der Waals surface area contributed by atoms with E-state index in [1.807, 2.05) is 0 Å². The van der Waals surface area contributed by atoms with Gasteiger partial charge in [-0.3, -0.25) is 0 Å². The molecule has 0 saturated heterocycles. The largest absolute Gasteiger partial charge is 0.488 e. The summed E-state index contributed by atoms with van der Waals surface area (Å²) in [5.74, 6) is -0.543. The van der Waals surface area contributed by atoms with Crippen molar-refractivity contribution in [1.82, 2.24) is 4.98 Å².